The van der Waals surface area contributed by atoms with Gasteiger partial charge in [0.1, 0.15) is 11.4 Å². The van der Waals surface area contributed by atoms with Crippen LogP contribution in [0.3, 0.4) is 0 Å². The zero-order valence-electron chi connectivity index (χ0n) is 23.8. The summed E-state index contributed by atoms with van der Waals surface area (Å²) in [7, 11) is 0. The number of rotatable bonds is 8. The van der Waals surface area contributed by atoms with Crippen molar-refractivity contribution in [2.24, 2.45) is 10.8 Å². The molecule has 0 unspecified atom stereocenters. The Morgan fingerprint density at radius 3 is 2.16 bits per heavy atom. The summed E-state index contributed by atoms with van der Waals surface area (Å²) in [5.74, 6) is -0.138. The number of nitrogens with zero attached hydrogens (tertiary/aromatic N) is 3. The minimum Gasteiger partial charge on any atom is -0.433 e. The van der Waals surface area contributed by atoms with E-state index in [4.69, 9.17) is 0 Å². The van der Waals surface area contributed by atoms with Gasteiger partial charge >= 0.3 is 12.8 Å². The first-order valence-electron chi connectivity index (χ1n) is 14.9. The molecule has 9 rings (SSSR count). The van der Waals surface area contributed by atoms with Gasteiger partial charge < -0.3 is 9.64 Å². The van der Waals surface area contributed by atoms with Crippen molar-refractivity contribution >= 4 is 11.6 Å². The number of anilines is 1. The second-order valence-corrected chi connectivity index (χ2v) is 13.4. The molecule has 0 saturated heterocycles. The Morgan fingerprint density at radius 1 is 0.909 bits per heavy atom. The van der Waals surface area contributed by atoms with Crippen LogP contribution >= 0.6 is 0 Å². The molecular weight excluding hydrogens is 584 g/mol. The molecule has 4 bridgehead atoms. The number of hydrogen-bond donors (Lipinski definition) is 0. The number of carbonyl (C=O) groups excluding carboxylic acids is 1. The van der Waals surface area contributed by atoms with Gasteiger partial charge in [0, 0.05) is 35.1 Å². The van der Waals surface area contributed by atoms with E-state index in [1.54, 1.807) is 6.07 Å². The van der Waals surface area contributed by atoms with E-state index in [0.717, 1.165) is 50.8 Å². The van der Waals surface area contributed by atoms with Crippen LogP contribution in [0.5, 0.6) is 5.75 Å². The third kappa shape index (κ3) is 4.92. The Bertz CT molecular complexity index is 1530. The van der Waals surface area contributed by atoms with Gasteiger partial charge in [-0.3, -0.25) is 14.8 Å². The second-order valence-electron chi connectivity index (χ2n) is 13.4. The van der Waals surface area contributed by atoms with Gasteiger partial charge in [-0.2, -0.15) is 22.0 Å². The first kappa shape index (κ1) is 29.1. The maximum absolute atomic E-state index is 14.5. The zero-order chi connectivity index (χ0) is 31.0. The van der Waals surface area contributed by atoms with E-state index in [1.165, 1.54) is 18.3 Å². The van der Waals surface area contributed by atoms with Crippen LogP contribution in [-0.2, 0) is 16.4 Å². The number of carbonyl (C=O) groups is 1. The number of amides is 1. The molecule has 0 spiro atoms. The van der Waals surface area contributed by atoms with E-state index in [1.807, 2.05) is 29.2 Å². The van der Waals surface area contributed by atoms with E-state index < -0.39 is 29.4 Å². The van der Waals surface area contributed by atoms with E-state index >= 15 is 0 Å². The summed E-state index contributed by atoms with van der Waals surface area (Å²) in [5, 5.41) is 0. The van der Waals surface area contributed by atoms with Crippen molar-refractivity contribution in [1.29, 1.82) is 0 Å². The molecule has 0 atom stereocenters. The lowest BCUT2D eigenvalue weighted by molar-refractivity contribution is -0.211. The van der Waals surface area contributed by atoms with Gasteiger partial charge in [0.2, 0.25) is 5.91 Å². The summed E-state index contributed by atoms with van der Waals surface area (Å²) in [4.78, 5) is 24.4. The van der Waals surface area contributed by atoms with Crippen molar-refractivity contribution in [3.8, 4) is 17.0 Å². The van der Waals surface area contributed by atoms with Crippen molar-refractivity contribution in [1.82, 2.24) is 9.97 Å². The van der Waals surface area contributed by atoms with Gasteiger partial charge in [-0.05, 0) is 99.6 Å². The molecule has 6 fully saturated rings. The first-order chi connectivity index (χ1) is 20.8. The average molecular weight is 616 g/mol. The lowest BCUT2D eigenvalue weighted by Crippen LogP contribution is -2.71. The summed E-state index contributed by atoms with van der Waals surface area (Å²) >= 11 is 0. The fraction of sp³-hybridized carbons (Fsp3) is 0.485. The summed E-state index contributed by atoms with van der Waals surface area (Å²) < 4.78 is 83.4. The van der Waals surface area contributed by atoms with Gasteiger partial charge in [0.15, 0.2) is 0 Å². The molecule has 6 aliphatic rings. The summed E-state index contributed by atoms with van der Waals surface area (Å²) in [5.41, 5.74) is -0.560. The minimum absolute atomic E-state index is 0.0586. The van der Waals surface area contributed by atoms with E-state index in [0.29, 0.717) is 29.2 Å². The number of benzene rings is 1. The van der Waals surface area contributed by atoms with E-state index in [9.17, 15) is 31.1 Å². The molecule has 2 aromatic heterocycles. The van der Waals surface area contributed by atoms with Crippen LogP contribution in [0.2, 0.25) is 0 Å². The SMILES string of the molecule is O=C(N(CC12CCC(c3ccc(C(F)(F)F)cn3)(CC1)CC2)c1cccc(-c2ccc(OC(F)F)cn2)c1)C12CC(F)(C1)C2. The molecule has 6 saturated carbocycles. The van der Waals surface area contributed by atoms with Crippen molar-refractivity contribution in [2.45, 2.75) is 81.7 Å². The molecule has 2 heterocycles. The molecule has 44 heavy (non-hydrogen) atoms. The molecule has 6 aliphatic carbocycles. The molecule has 232 valence electrons. The maximum Gasteiger partial charge on any atom is 0.417 e. The van der Waals surface area contributed by atoms with Crippen molar-refractivity contribution < 1.29 is 35.9 Å². The monoisotopic (exact) mass is 615 g/mol. The molecule has 5 nitrogen and oxygen atoms in total. The Kier molecular flexibility index (Phi) is 6.57. The lowest BCUT2D eigenvalue weighted by Gasteiger charge is -2.65. The largest absolute Gasteiger partial charge is 0.433 e. The molecule has 0 radical (unpaired) electrons. The lowest BCUT2D eigenvalue weighted by atomic mass is 9.41. The third-order valence-corrected chi connectivity index (χ3v) is 10.6. The Labute approximate surface area is 250 Å². The number of ether oxygens (including phenoxy) is 1. The number of aromatic nitrogens is 2. The fourth-order valence-corrected chi connectivity index (χ4v) is 8.11. The van der Waals surface area contributed by atoms with Gasteiger partial charge in [0.05, 0.1) is 22.9 Å². The van der Waals surface area contributed by atoms with Crippen LogP contribution in [0.4, 0.5) is 32.0 Å². The molecule has 0 N–H and O–H groups in total. The van der Waals surface area contributed by atoms with Crippen LogP contribution in [0.15, 0.2) is 60.9 Å². The molecular formula is C33H31F6N3O2. The number of fused-ring (bicyclic) bond motifs is 3. The summed E-state index contributed by atoms with van der Waals surface area (Å²) in [6.45, 7) is -2.50. The van der Waals surface area contributed by atoms with Crippen LogP contribution < -0.4 is 9.64 Å². The normalized spacial score (nSPS) is 30.4. The number of alkyl halides is 6. The predicted octanol–water partition coefficient (Wildman–Crippen LogP) is 8.28. The van der Waals surface area contributed by atoms with E-state index in [2.05, 4.69) is 14.7 Å². The van der Waals surface area contributed by atoms with Gasteiger partial charge in [-0.1, -0.05) is 12.1 Å². The second kappa shape index (κ2) is 9.94. The number of hydrogen-bond acceptors (Lipinski definition) is 4. The third-order valence-electron chi connectivity index (χ3n) is 10.6. The Hall–Kier alpha value is -3.63. The molecule has 0 aliphatic heterocycles. The highest BCUT2D eigenvalue weighted by molar-refractivity contribution is 6.00. The van der Waals surface area contributed by atoms with Crippen LogP contribution in [-0.4, -0.2) is 34.7 Å². The van der Waals surface area contributed by atoms with Crippen molar-refractivity contribution in [3.63, 3.8) is 0 Å². The van der Waals surface area contributed by atoms with Crippen LogP contribution in [0, 0.1) is 10.8 Å². The summed E-state index contributed by atoms with van der Waals surface area (Å²) in [6.07, 6.45) is 3.10. The topological polar surface area (TPSA) is 55.3 Å². The molecule has 1 amide bonds. The number of halogens is 6. The summed E-state index contributed by atoms with van der Waals surface area (Å²) in [6, 6.07) is 12.9. The van der Waals surface area contributed by atoms with Crippen LogP contribution in [0.25, 0.3) is 11.3 Å². The smallest absolute Gasteiger partial charge is 0.417 e. The van der Waals surface area contributed by atoms with Crippen LogP contribution in [0.1, 0.15) is 69.0 Å². The average Bonchev–Trinajstić information content (AvgIpc) is 2.98. The Morgan fingerprint density at radius 2 is 1.61 bits per heavy atom. The first-order valence-corrected chi connectivity index (χ1v) is 14.9. The van der Waals surface area contributed by atoms with Crippen molar-refractivity contribution in [3.05, 3.63) is 72.2 Å². The highest BCUT2D eigenvalue weighted by Gasteiger charge is 2.73. The standard InChI is InChI=1S/C33H31F6N3O2/c34-28(35)44-24-5-6-25(40-16-24)21-2-1-3-23(14-21)42(27(43)31-17-32(36,18-31)19-31)20-29-8-11-30(12-9-29,13-10-29)26-7-4-22(15-41-26)33(37,38)39/h1-7,14-16,28H,8-13,17-20H2. The van der Waals surface area contributed by atoms with Crippen molar-refractivity contribution in [2.75, 3.05) is 11.4 Å². The van der Waals surface area contributed by atoms with Gasteiger partial charge in [-0.15, -0.1) is 0 Å². The zero-order valence-corrected chi connectivity index (χ0v) is 23.8. The Balaban J connectivity index is 1.13. The maximum atomic E-state index is 14.5. The number of pyridine rings is 2. The fourth-order valence-electron chi connectivity index (χ4n) is 8.11. The highest BCUT2D eigenvalue weighted by atomic mass is 19.4. The van der Waals surface area contributed by atoms with Gasteiger partial charge in [-0.25, -0.2) is 4.39 Å². The van der Waals surface area contributed by atoms with Gasteiger partial charge in [0.25, 0.3) is 0 Å². The molecule has 3 aromatic rings. The molecule has 1 aromatic carbocycles. The highest BCUT2D eigenvalue weighted by Crippen LogP contribution is 2.70. The minimum atomic E-state index is -4.44. The quantitative estimate of drug-likeness (QED) is 0.240. The predicted molar refractivity (Wildman–Crippen MR) is 150 cm³/mol. The molecule has 11 heteroatoms. The van der Waals surface area contributed by atoms with E-state index in [-0.39, 0.29) is 41.7 Å².